The fourth-order valence-electron chi connectivity index (χ4n) is 5.31. The number of aromatic amines is 1. The van der Waals surface area contributed by atoms with Gasteiger partial charge in [0, 0.05) is 56.0 Å². The van der Waals surface area contributed by atoms with E-state index in [-0.39, 0.29) is 12.8 Å². The van der Waals surface area contributed by atoms with Crippen LogP contribution in [0.25, 0.3) is 22.8 Å². The van der Waals surface area contributed by atoms with Crippen molar-refractivity contribution in [3.8, 4) is 22.8 Å². The predicted molar refractivity (Wildman–Crippen MR) is 131 cm³/mol. The molecule has 0 unspecified atom stereocenters. The Bertz CT molecular complexity index is 1180. The van der Waals surface area contributed by atoms with Crippen molar-refractivity contribution in [1.29, 1.82) is 0 Å². The number of benzene rings is 1. The van der Waals surface area contributed by atoms with Crippen molar-refractivity contribution in [1.82, 2.24) is 15.0 Å². The monoisotopic (exact) mass is 464 g/mol. The number of halogens is 2. The summed E-state index contributed by atoms with van der Waals surface area (Å²) in [7, 11) is 0. The number of imidazole rings is 1. The molecule has 0 radical (unpaired) electrons. The Morgan fingerprint density at radius 3 is 2.35 bits per heavy atom. The summed E-state index contributed by atoms with van der Waals surface area (Å²) in [6.45, 7) is 2.71. The third-order valence-electron chi connectivity index (χ3n) is 7.80. The third kappa shape index (κ3) is 4.10. The van der Waals surface area contributed by atoms with Crippen molar-refractivity contribution in [2.75, 3.05) is 41.7 Å². The number of pyridine rings is 1. The van der Waals surface area contributed by atoms with E-state index in [0.29, 0.717) is 18.5 Å². The van der Waals surface area contributed by atoms with Crippen LogP contribution >= 0.6 is 0 Å². The molecule has 6 rings (SSSR count). The van der Waals surface area contributed by atoms with Gasteiger partial charge in [0.15, 0.2) is 0 Å². The molecule has 1 saturated carbocycles. The Kier molecular flexibility index (Phi) is 5.00. The highest BCUT2D eigenvalue weighted by Crippen LogP contribution is 2.54. The Morgan fingerprint density at radius 1 is 0.882 bits per heavy atom. The Balaban J connectivity index is 1.25. The van der Waals surface area contributed by atoms with Gasteiger partial charge in [-0.15, -0.1) is 0 Å². The standard InChI is InChI=1S/C26H30F2N6/c27-26(28)10-14-34(15-11-26)23-3-1-2-20(31-23)21-17-30-24(32-21)19-5-4-18(29)16-22(19)33-12-8-25(6-7-25)9-13-33/h1-5,16-17H,6-15,29H2,(H,30,32). The van der Waals surface area contributed by atoms with Gasteiger partial charge >= 0.3 is 0 Å². The van der Waals surface area contributed by atoms with E-state index in [0.717, 1.165) is 53.1 Å². The zero-order chi connectivity index (χ0) is 23.3. The summed E-state index contributed by atoms with van der Waals surface area (Å²) in [5.74, 6) is -1.07. The topological polar surface area (TPSA) is 74.1 Å². The van der Waals surface area contributed by atoms with E-state index in [1.54, 1.807) is 6.20 Å². The SMILES string of the molecule is Nc1ccc(-c2ncc(-c3cccc(N4CCC(F)(F)CC4)n3)[nH]2)c(N2CCC3(CC2)CC3)c1. The van der Waals surface area contributed by atoms with E-state index in [9.17, 15) is 8.78 Å². The van der Waals surface area contributed by atoms with E-state index < -0.39 is 5.92 Å². The van der Waals surface area contributed by atoms with Gasteiger partial charge in [0.1, 0.15) is 11.6 Å². The van der Waals surface area contributed by atoms with Gasteiger partial charge in [-0.05, 0) is 61.4 Å². The first-order valence-corrected chi connectivity index (χ1v) is 12.2. The Labute approximate surface area is 198 Å². The maximum Gasteiger partial charge on any atom is 0.251 e. The van der Waals surface area contributed by atoms with Crippen LogP contribution in [-0.2, 0) is 0 Å². The van der Waals surface area contributed by atoms with E-state index in [4.69, 9.17) is 10.7 Å². The number of hydrogen-bond donors (Lipinski definition) is 2. The molecule has 3 fully saturated rings. The molecule has 1 spiro atoms. The maximum absolute atomic E-state index is 13.6. The number of nitrogens with one attached hydrogen (secondary N) is 1. The molecule has 2 aliphatic heterocycles. The number of piperidine rings is 2. The number of nitrogen functional groups attached to an aromatic ring is 1. The molecular weight excluding hydrogens is 434 g/mol. The van der Waals surface area contributed by atoms with Crippen LogP contribution in [0.3, 0.4) is 0 Å². The number of alkyl halides is 2. The van der Waals surface area contributed by atoms with E-state index >= 15 is 0 Å². The molecule has 3 aromatic rings. The lowest BCUT2D eigenvalue weighted by molar-refractivity contribution is -0.0221. The molecule has 0 atom stereocenters. The number of H-pyrrole nitrogens is 1. The normalized spacial score (nSPS) is 21.1. The number of hydrogen-bond acceptors (Lipinski definition) is 5. The molecule has 178 valence electrons. The van der Waals surface area contributed by atoms with E-state index in [2.05, 4.69) is 14.9 Å². The van der Waals surface area contributed by atoms with Gasteiger partial charge in [0.05, 0.1) is 17.6 Å². The van der Waals surface area contributed by atoms with Crippen LogP contribution in [0.15, 0.2) is 42.6 Å². The summed E-state index contributed by atoms with van der Waals surface area (Å²) in [4.78, 5) is 17.2. The summed E-state index contributed by atoms with van der Waals surface area (Å²) in [6, 6.07) is 11.7. The quantitative estimate of drug-likeness (QED) is 0.510. The minimum Gasteiger partial charge on any atom is -0.399 e. The van der Waals surface area contributed by atoms with Crippen LogP contribution in [0.2, 0.25) is 0 Å². The molecule has 0 amide bonds. The summed E-state index contributed by atoms with van der Waals surface area (Å²) >= 11 is 0. The van der Waals surface area contributed by atoms with Crippen LogP contribution in [0, 0.1) is 5.41 Å². The lowest BCUT2D eigenvalue weighted by atomic mass is 9.93. The summed E-state index contributed by atoms with van der Waals surface area (Å²) in [6.07, 6.45) is 6.75. The molecule has 34 heavy (non-hydrogen) atoms. The second-order valence-corrected chi connectivity index (χ2v) is 10.1. The van der Waals surface area contributed by atoms with Crippen molar-refractivity contribution in [2.24, 2.45) is 5.41 Å². The van der Waals surface area contributed by atoms with Crippen molar-refractivity contribution < 1.29 is 8.78 Å². The summed E-state index contributed by atoms with van der Waals surface area (Å²) in [5, 5.41) is 0. The Morgan fingerprint density at radius 2 is 1.62 bits per heavy atom. The van der Waals surface area contributed by atoms with E-state index in [1.165, 1.54) is 25.7 Å². The first-order chi connectivity index (χ1) is 16.4. The number of anilines is 3. The lowest BCUT2D eigenvalue weighted by Gasteiger charge is -2.35. The molecule has 1 aromatic carbocycles. The van der Waals surface area contributed by atoms with Gasteiger partial charge in [-0.3, -0.25) is 0 Å². The van der Waals surface area contributed by atoms with Crippen molar-refractivity contribution in [3.05, 3.63) is 42.6 Å². The zero-order valence-corrected chi connectivity index (χ0v) is 19.2. The molecule has 2 aromatic heterocycles. The minimum atomic E-state index is -2.57. The highest BCUT2D eigenvalue weighted by Gasteiger charge is 2.44. The zero-order valence-electron chi connectivity index (χ0n) is 19.2. The fourth-order valence-corrected chi connectivity index (χ4v) is 5.31. The maximum atomic E-state index is 13.6. The molecule has 2 saturated heterocycles. The molecule has 3 aliphatic rings. The second-order valence-electron chi connectivity index (χ2n) is 10.1. The summed E-state index contributed by atoms with van der Waals surface area (Å²) in [5.41, 5.74) is 11.2. The lowest BCUT2D eigenvalue weighted by Crippen LogP contribution is -2.39. The number of nitrogens with two attached hydrogens (primary N) is 1. The average Bonchev–Trinajstić information content (AvgIpc) is 3.40. The van der Waals surface area contributed by atoms with Crippen LogP contribution in [0.1, 0.15) is 38.5 Å². The third-order valence-corrected chi connectivity index (χ3v) is 7.80. The minimum absolute atomic E-state index is 0.134. The van der Waals surface area contributed by atoms with Gasteiger partial charge in [0.25, 0.3) is 5.92 Å². The molecule has 4 heterocycles. The predicted octanol–water partition coefficient (Wildman–Crippen LogP) is 5.34. The first-order valence-electron chi connectivity index (χ1n) is 12.2. The van der Waals surface area contributed by atoms with Crippen LogP contribution in [0.4, 0.5) is 26.0 Å². The van der Waals surface area contributed by atoms with Crippen molar-refractivity contribution in [3.63, 3.8) is 0 Å². The highest BCUT2D eigenvalue weighted by atomic mass is 19.3. The number of rotatable bonds is 4. The van der Waals surface area contributed by atoms with Gasteiger partial charge in [-0.2, -0.15) is 0 Å². The van der Waals surface area contributed by atoms with Gasteiger partial charge in [0.2, 0.25) is 0 Å². The van der Waals surface area contributed by atoms with Gasteiger partial charge < -0.3 is 20.5 Å². The molecular formula is C26H30F2N6. The number of nitrogens with zero attached hydrogens (tertiary/aromatic N) is 4. The molecule has 0 bridgehead atoms. The highest BCUT2D eigenvalue weighted by molar-refractivity contribution is 5.79. The van der Waals surface area contributed by atoms with Crippen LogP contribution in [0.5, 0.6) is 0 Å². The number of aromatic nitrogens is 3. The largest absolute Gasteiger partial charge is 0.399 e. The average molecular weight is 465 g/mol. The van der Waals surface area contributed by atoms with Gasteiger partial charge in [-0.1, -0.05) is 6.07 Å². The van der Waals surface area contributed by atoms with Crippen molar-refractivity contribution >= 4 is 17.2 Å². The molecule has 6 nitrogen and oxygen atoms in total. The van der Waals surface area contributed by atoms with Crippen LogP contribution in [-0.4, -0.2) is 47.1 Å². The fraction of sp³-hybridized carbons (Fsp3) is 0.462. The van der Waals surface area contributed by atoms with Gasteiger partial charge in [-0.25, -0.2) is 18.7 Å². The second kappa shape index (κ2) is 7.96. The first kappa shape index (κ1) is 21.4. The van der Waals surface area contributed by atoms with Crippen molar-refractivity contribution in [2.45, 2.75) is 44.4 Å². The molecule has 3 N–H and O–H groups in total. The van der Waals surface area contributed by atoms with Crippen LogP contribution < -0.4 is 15.5 Å². The smallest absolute Gasteiger partial charge is 0.251 e. The van der Waals surface area contributed by atoms with E-state index in [1.807, 2.05) is 41.3 Å². The molecule has 8 heteroatoms. The summed E-state index contributed by atoms with van der Waals surface area (Å²) < 4.78 is 27.1. The Hall–Kier alpha value is -3.16. The molecule has 1 aliphatic carbocycles.